The molecule has 1 fully saturated rings. The van der Waals surface area contributed by atoms with Gasteiger partial charge >= 0.3 is 5.69 Å². The number of hydrogen-bond donors (Lipinski definition) is 1. The van der Waals surface area contributed by atoms with Crippen LogP contribution in [0.15, 0.2) is 39.9 Å². The van der Waals surface area contributed by atoms with Crippen LogP contribution in [-0.4, -0.2) is 42.8 Å². The molecule has 188 valence electrons. The first-order chi connectivity index (χ1) is 17.9. The van der Waals surface area contributed by atoms with Gasteiger partial charge in [0, 0.05) is 30.2 Å². The number of aryl methyl sites for hydroxylation is 1. The molecule has 0 saturated carbocycles. The van der Waals surface area contributed by atoms with E-state index in [4.69, 9.17) is 10.7 Å². The summed E-state index contributed by atoms with van der Waals surface area (Å²) in [5.41, 5.74) is 6.96. The first-order valence-electron chi connectivity index (χ1n) is 12.3. The number of rotatable bonds is 5. The maximum absolute atomic E-state index is 14.0. The molecule has 10 nitrogen and oxygen atoms in total. The Kier molecular flexibility index (Phi) is 6.51. The van der Waals surface area contributed by atoms with Crippen molar-refractivity contribution in [3.63, 3.8) is 0 Å². The van der Waals surface area contributed by atoms with Crippen molar-refractivity contribution in [1.29, 1.82) is 5.26 Å². The summed E-state index contributed by atoms with van der Waals surface area (Å²) < 4.78 is 4.16. The van der Waals surface area contributed by atoms with Crippen LogP contribution < -0.4 is 21.9 Å². The second kappa shape index (κ2) is 9.92. The third-order valence-electron chi connectivity index (χ3n) is 6.73. The van der Waals surface area contributed by atoms with E-state index in [2.05, 4.69) is 16.8 Å². The Morgan fingerprint density at radius 1 is 1.14 bits per heavy atom. The minimum Gasteiger partial charge on any atom is -0.341 e. The number of pyridine rings is 1. The fourth-order valence-corrected chi connectivity index (χ4v) is 5.06. The van der Waals surface area contributed by atoms with Gasteiger partial charge in [0.1, 0.15) is 6.54 Å². The maximum atomic E-state index is 14.0. The van der Waals surface area contributed by atoms with Crippen LogP contribution in [0.2, 0.25) is 0 Å². The van der Waals surface area contributed by atoms with Gasteiger partial charge in [-0.15, -0.1) is 5.92 Å². The highest BCUT2D eigenvalue weighted by atomic mass is 16.2. The summed E-state index contributed by atoms with van der Waals surface area (Å²) in [4.78, 5) is 39.0. The van der Waals surface area contributed by atoms with Crippen molar-refractivity contribution >= 4 is 27.9 Å². The third kappa shape index (κ3) is 4.37. The molecular formula is C27H28N8O2. The van der Waals surface area contributed by atoms with E-state index in [1.165, 1.54) is 4.57 Å². The average Bonchev–Trinajstić information content (AvgIpc) is 3.27. The van der Waals surface area contributed by atoms with E-state index in [1.54, 1.807) is 11.5 Å². The molecule has 1 aromatic carbocycles. The molecule has 3 aromatic heterocycles. The number of anilines is 1. The molecule has 37 heavy (non-hydrogen) atoms. The van der Waals surface area contributed by atoms with Crippen molar-refractivity contribution in [1.82, 2.24) is 23.7 Å². The number of hydrogen-bond acceptors (Lipinski definition) is 7. The highest BCUT2D eigenvalue weighted by Crippen LogP contribution is 2.24. The quantitative estimate of drug-likeness (QED) is 0.417. The Hall–Kier alpha value is -4.41. The van der Waals surface area contributed by atoms with Gasteiger partial charge in [0.25, 0.3) is 5.56 Å². The summed E-state index contributed by atoms with van der Waals surface area (Å²) in [5, 5.41) is 11.4. The predicted octanol–water partition coefficient (Wildman–Crippen LogP) is 1.74. The number of nitriles is 1. The van der Waals surface area contributed by atoms with Gasteiger partial charge in [-0.3, -0.25) is 23.5 Å². The molecule has 0 amide bonds. The van der Waals surface area contributed by atoms with Gasteiger partial charge in [0.15, 0.2) is 11.2 Å². The topological polar surface area (TPSA) is 128 Å². The smallest absolute Gasteiger partial charge is 0.334 e. The molecule has 10 heteroatoms. The van der Waals surface area contributed by atoms with E-state index in [-0.39, 0.29) is 36.8 Å². The summed E-state index contributed by atoms with van der Waals surface area (Å²) in [6.45, 7) is 4.87. The van der Waals surface area contributed by atoms with Gasteiger partial charge in [-0.2, -0.15) is 10.2 Å². The Balaban J connectivity index is 1.78. The molecule has 1 saturated heterocycles. The highest BCUT2D eigenvalue weighted by Gasteiger charge is 2.27. The van der Waals surface area contributed by atoms with Gasteiger partial charge < -0.3 is 10.6 Å². The summed E-state index contributed by atoms with van der Waals surface area (Å²) in [7, 11) is 0. The number of piperidine rings is 1. The Morgan fingerprint density at radius 3 is 2.70 bits per heavy atom. The van der Waals surface area contributed by atoms with Gasteiger partial charge in [-0.05, 0) is 38.1 Å². The summed E-state index contributed by atoms with van der Waals surface area (Å²) in [6.07, 6.45) is 1.81. The summed E-state index contributed by atoms with van der Waals surface area (Å²) >= 11 is 0. The Bertz CT molecular complexity index is 1730. The van der Waals surface area contributed by atoms with Gasteiger partial charge in [0.05, 0.1) is 24.9 Å². The van der Waals surface area contributed by atoms with Crippen LogP contribution in [0.1, 0.15) is 31.2 Å². The second-order valence-electron chi connectivity index (χ2n) is 9.29. The lowest BCUT2D eigenvalue weighted by atomic mass is 10.1. The number of nitrogens with two attached hydrogens (primary N) is 1. The lowest BCUT2D eigenvalue weighted by molar-refractivity contribution is 0.496. The van der Waals surface area contributed by atoms with E-state index in [1.807, 2.05) is 48.2 Å². The highest BCUT2D eigenvalue weighted by molar-refractivity contribution is 5.85. The maximum Gasteiger partial charge on any atom is 0.334 e. The first-order valence-corrected chi connectivity index (χ1v) is 12.3. The number of aromatic nitrogens is 5. The number of fused-ring (bicyclic) bond motifs is 2. The SMILES string of the molecule is CC#CCn1c(N2CCCC(N)C2)nc2c1c(=O)n(Cc1nc(C)cc3ccccc13)c(=O)n2CC#N. The zero-order valence-corrected chi connectivity index (χ0v) is 20.9. The average molecular weight is 497 g/mol. The Labute approximate surface area is 213 Å². The van der Waals surface area contributed by atoms with Crippen molar-refractivity contribution in [2.45, 2.75) is 52.4 Å². The lowest BCUT2D eigenvalue weighted by Crippen LogP contribution is -2.44. The lowest BCUT2D eigenvalue weighted by Gasteiger charge is -2.31. The fourth-order valence-electron chi connectivity index (χ4n) is 5.06. The largest absolute Gasteiger partial charge is 0.341 e. The van der Waals surface area contributed by atoms with Crippen molar-refractivity contribution in [3.05, 3.63) is 62.6 Å². The Morgan fingerprint density at radius 2 is 1.95 bits per heavy atom. The normalized spacial score (nSPS) is 15.5. The van der Waals surface area contributed by atoms with Crippen LogP contribution in [-0.2, 0) is 19.6 Å². The minimum atomic E-state index is -0.598. The van der Waals surface area contributed by atoms with Crippen LogP contribution in [0.5, 0.6) is 0 Å². The number of imidazole rings is 1. The second-order valence-corrected chi connectivity index (χ2v) is 9.29. The first kappa shape index (κ1) is 24.3. The van der Waals surface area contributed by atoms with Crippen LogP contribution >= 0.6 is 0 Å². The molecule has 4 heterocycles. The van der Waals surface area contributed by atoms with Crippen molar-refractivity contribution < 1.29 is 0 Å². The molecule has 2 N–H and O–H groups in total. The number of benzene rings is 1. The molecule has 0 bridgehead atoms. The van der Waals surface area contributed by atoms with Gasteiger partial charge in [-0.25, -0.2) is 4.79 Å². The van der Waals surface area contributed by atoms with Crippen molar-refractivity contribution in [2.75, 3.05) is 18.0 Å². The van der Waals surface area contributed by atoms with Gasteiger partial charge in [0.2, 0.25) is 5.95 Å². The van der Waals surface area contributed by atoms with Gasteiger partial charge in [-0.1, -0.05) is 30.2 Å². The molecule has 0 aliphatic carbocycles. The van der Waals surface area contributed by atoms with Crippen LogP contribution in [0, 0.1) is 30.1 Å². The molecule has 4 aromatic rings. The summed E-state index contributed by atoms with van der Waals surface area (Å²) in [5.74, 6) is 6.44. The number of nitrogens with zero attached hydrogens (tertiary/aromatic N) is 7. The van der Waals surface area contributed by atoms with Crippen molar-refractivity contribution in [2.24, 2.45) is 5.73 Å². The molecule has 0 radical (unpaired) electrons. The fraction of sp³-hybridized carbons (Fsp3) is 0.370. The third-order valence-corrected chi connectivity index (χ3v) is 6.73. The van der Waals surface area contributed by atoms with E-state index < -0.39 is 11.2 Å². The van der Waals surface area contributed by atoms with Crippen LogP contribution in [0.25, 0.3) is 21.9 Å². The van der Waals surface area contributed by atoms with E-state index in [0.717, 1.165) is 40.4 Å². The molecule has 5 rings (SSSR count). The monoisotopic (exact) mass is 496 g/mol. The zero-order chi connectivity index (χ0) is 26.1. The van der Waals surface area contributed by atoms with Crippen LogP contribution in [0.3, 0.4) is 0 Å². The van der Waals surface area contributed by atoms with E-state index >= 15 is 0 Å². The predicted molar refractivity (Wildman–Crippen MR) is 142 cm³/mol. The minimum absolute atomic E-state index is 0.0158. The molecule has 0 spiro atoms. The molecule has 1 atom stereocenters. The standard InChI is InChI=1S/C27H28N8O2/c1-3-4-13-33-23-24(31-26(33)32-12-7-9-20(29)16-32)34(14-11-28)27(37)35(25(23)36)17-22-21-10-6-5-8-19(21)15-18(2)30-22/h5-6,8,10,15,20H,7,9,12-14,16-17,29H2,1-2H3. The molecular weight excluding hydrogens is 468 g/mol. The van der Waals surface area contributed by atoms with Crippen LogP contribution in [0.4, 0.5) is 5.95 Å². The van der Waals surface area contributed by atoms with Crippen molar-refractivity contribution in [3.8, 4) is 17.9 Å². The molecule has 1 aliphatic heterocycles. The van der Waals surface area contributed by atoms with E-state index in [0.29, 0.717) is 18.2 Å². The van der Waals surface area contributed by atoms with E-state index in [9.17, 15) is 14.9 Å². The zero-order valence-electron chi connectivity index (χ0n) is 20.9. The summed E-state index contributed by atoms with van der Waals surface area (Å²) in [6, 6.07) is 11.7. The molecule has 1 unspecified atom stereocenters. The molecule has 1 aliphatic rings.